The molecular formula is C13H22N4O. The molecule has 18 heavy (non-hydrogen) atoms. The van der Waals surface area contributed by atoms with Crippen molar-refractivity contribution in [2.45, 2.75) is 45.4 Å². The Labute approximate surface area is 108 Å². The fraction of sp³-hybridized carbons (Fsp3) is 0.692. The lowest BCUT2D eigenvalue weighted by atomic mass is 10.2. The summed E-state index contributed by atoms with van der Waals surface area (Å²) < 4.78 is 0. The summed E-state index contributed by atoms with van der Waals surface area (Å²) in [5.41, 5.74) is 7.59. The Morgan fingerprint density at radius 2 is 2.33 bits per heavy atom. The lowest BCUT2D eigenvalue weighted by Gasteiger charge is -2.03. The van der Waals surface area contributed by atoms with Gasteiger partial charge in [0.2, 0.25) is 0 Å². The number of nitrogens with one attached hydrogen (secondary N) is 2. The molecule has 1 aromatic rings. The highest BCUT2D eigenvalue weighted by molar-refractivity contribution is 5.97. The molecule has 0 aliphatic heterocycles. The number of H-pyrrole nitrogens is 1. The lowest BCUT2D eigenvalue weighted by Crippen LogP contribution is -2.25. The second-order valence-electron chi connectivity index (χ2n) is 5.06. The SMILES string of the molecule is CCCc1[nH]nc(C(=O)NCCCC2CC2)c1N. The number of aromatic amines is 1. The number of hydrogen-bond acceptors (Lipinski definition) is 3. The third-order valence-corrected chi connectivity index (χ3v) is 3.37. The van der Waals surface area contributed by atoms with Gasteiger partial charge in [0.25, 0.3) is 5.91 Å². The molecule has 0 radical (unpaired) electrons. The first-order valence-corrected chi connectivity index (χ1v) is 6.83. The normalized spacial score (nSPS) is 14.7. The Balaban J connectivity index is 1.79. The maximum Gasteiger partial charge on any atom is 0.273 e. The monoisotopic (exact) mass is 250 g/mol. The van der Waals surface area contributed by atoms with Gasteiger partial charge in [-0.1, -0.05) is 26.2 Å². The van der Waals surface area contributed by atoms with E-state index in [0.717, 1.165) is 30.9 Å². The molecule has 1 aliphatic carbocycles. The third kappa shape index (κ3) is 3.24. The van der Waals surface area contributed by atoms with Crippen LogP contribution < -0.4 is 11.1 Å². The third-order valence-electron chi connectivity index (χ3n) is 3.37. The van der Waals surface area contributed by atoms with E-state index in [1.807, 2.05) is 0 Å². The number of carbonyl (C=O) groups is 1. The summed E-state index contributed by atoms with van der Waals surface area (Å²) >= 11 is 0. The van der Waals surface area contributed by atoms with Gasteiger partial charge in [0.15, 0.2) is 5.69 Å². The number of nitrogen functional groups attached to an aromatic ring is 1. The van der Waals surface area contributed by atoms with Crippen molar-refractivity contribution in [3.05, 3.63) is 11.4 Å². The lowest BCUT2D eigenvalue weighted by molar-refractivity contribution is 0.0948. The number of rotatable bonds is 7. The van der Waals surface area contributed by atoms with Crippen LogP contribution >= 0.6 is 0 Å². The molecule has 0 aromatic carbocycles. The molecule has 2 rings (SSSR count). The van der Waals surface area contributed by atoms with Crippen LogP contribution in [0.2, 0.25) is 0 Å². The molecule has 0 unspecified atom stereocenters. The molecule has 4 N–H and O–H groups in total. The van der Waals surface area contributed by atoms with Crippen LogP contribution in [-0.2, 0) is 6.42 Å². The Morgan fingerprint density at radius 3 is 3.00 bits per heavy atom. The van der Waals surface area contributed by atoms with Gasteiger partial charge in [-0.3, -0.25) is 9.89 Å². The average molecular weight is 250 g/mol. The van der Waals surface area contributed by atoms with Crippen LogP contribution in [0.5, 0.6) is 0 Å². The van der Waals surface area contributed by atoms with Gasteiger partial charge in [0.1, 0.15) is 0 Å². The maximum absolute atomic E-state index is 11.9. The van der Waals surface area contributed by atoms with Gasteiger partial charge in [0.05, 0.1) is 11.4 Å². The van der Waals surface area contributed by atoms with Crippen LogP contribution in [0.15, 0.2) is 0 Å². The van der Waals surface area contributed by atoms with Gasteiger partial charge < -0.3 is 11.1 Å². The summed E-state index contributed by atoms with van der Waals surface area (Å²) in [4.78, 5) is 11.9. The molecule has 1 fully saturated rings. The standard InChI is InChI=1S/C13H22N4O/c1-2-4-10-11(14)12(17-16-10)13(18)15-8-3-5-9-6-7-9/h9H,2-8,14H2,1H3,(H,15,18)(H,16,17). The van der Waals surface area contributed by atoms with E-state index in [-0.39, 0.29) is 5.91 Å². The van der Waals surface area contributed by atoms with Crippen molar-refractivity contribution in [3.8, 4) is 0 Å². The number of nitrogens with two attached hydrogens (primary N) is 1. The number of amides is 1. The van der Waals surface area contributed by atoms with Crippen molar-refractivity contribution in [2.24, 2.45) is 5.92 Å². The van der Waals surface area contributed by atoms with E-state index in [4.69, 9.17) is 5.73 Å². The smallest absolute Gasteiger partial charge is 0.273 e. The Hall–Kier alpha value is -1.52. The van der Waals surface area contributed by atoms with E-state index in [0.29, 0.717) is 17.9 Å². The number of aryl methyl sites for hydroxylation is 1. The van der Waals surface area contributed by atoms with Gasteiger partial charge in [-0.25, -0.2) is 0 Å². The summed E-state index contributed by atoms with van der Waals surface area (Å²) in [6, 6.07) is 0. The van der Waals surface area contributed by atoms with Crippen LogP contribution in [0.25, 0.3) is 0 Å². The molecule has 1 heterocycles. The molecule has 5 nitrogen and oxygen atoms in total. The molecule has 1 aliphatic rings. The summed E-state index contributed by atoms with van der Waals surface area (Å²) in [5.74, 6) is 0.746. The molecule has 0 saturated heterocycles. The Bertz CT molecular complexity index is 409. The first kappa shape index (κ1) is 12.9. The summed E-state index contributed by atoms with van der Waals surface area (Å²) in [5, 5.41) is 9.71. The van der Waals surface area contributed by atoms with Gasteiger partial charge in [-0.05, 0) is 25.2 Å². The molecule has 100 valence electrons. The van der Waals surface area contributed by atoms with Gasteiger partial charge >= 0.3 is 0 Å². The van der Waals surface area contributed by atoms with E-state index in [2.05, 4.69) is 22.4 Å². The fourth-order valence-electron chi connectivity index (χ4n) is 2.08. The molecular weight excluding hydrogens is 228 g/mol. The van der Waals surface area contributed by atoms with Crippen LogP contribution in [-0.4, -0.2) is 22.6 Å². The minimum atomic E-state index is -0.165. The second kappa shape index (κ2) is 5.89. The molecule has 0 bridgehead atoms. The van der Waals surface area contributed by atoms with Crippen LogP contribution in [0.4, 0.5) is 5.69 Å². The summed E-state index contributed by atoms with van der Waals surface area (Å²) in [6.45, 7) is 2.78. The van der Waals surface area contributed by atoms with Gasteiger partial charge in [-0.15, -0.1) is 0 Å². The molecule has 0 spiro atoms. The highest BCUT2D eigenvalue weighted by Gasteiger charge is 2.20. The molecule has 0 atom stereocenters. The van der Waals surface area contributed by atoms with Crippen molar-refractivity contribution in [2.75, 3.05) is 12.3 Å². The zero-order valence-corrected chi connectivity index (χ0v) is 11.0. The van der Waals surface area contributed by atoms with Crippen molar-refractivity contribution in [1.29, 1.82) is 0 Å². The first-order valence-electron chi connectivity index (χ1n) is 6.83. The van der Waals surface area contributed by atoms with E-state index in [1.54, 1.807) is 0 Å². The van der Waals surface area contributed by atoms with Crippen molar-refractivity contribution >= 4 is 11.6 Å². The van der Waals surface area contributed by atoms with Crippen LogP contribution in [0.3, 0.4) is 0 Å². The minimum absolute atomic E-state index is 0.165. The summed E-state index contributed by atoms with van der Waals surface area (Å²) in [7, 11) is 0. The van der Waals surface area contributed by atoms with E-state index >= 15 is 0 Å². The molecule has 5 heteroatoms. The van der Waals surface area contributed by atoms with E-state index < -0.39 is 0 Å². The predicted octanol–water partition coefficient (Wildman–Crippen LogP) is 1.86. The van der Waals surface area contributed by atoms with Crippen molar-refractivity contribution in [1.82, 2.24) is 15.5 Å². The topological polar surface area (TPSA) is 83.8 Å². The quantitative estimate of drug-likeness (QED) is 0.646. The van der Waals surface area contributed by atoms with Gasteiger partial charge in [-0.2, -0.15) is 5.10 Å². The minimum Gasteiger partial charge on any atom is -0.395 e. The highest BCUT2D eigenvalue weighted by Crippen LogP contribution is 2.33. The van der Waals surface area contributed by atoms with Crippen LogP contribution in [0.1, 0.15) is 55.2 Å². The maximum atomic E-state index is 11.9. The van der Waals surface area contributed by atoms with E-state index in [9.17, 15) is 4.79 Å². The highest BCUT2D eigenvalue weighted by atomic mass is 16.1. The van der Waals surface area contributed by atoms with Crippen LogP contribution in [0, 0.1) is 5.92 Å². The average Bonchev–Trinajstić information content (AvgIpc) is 3.11. The second-order valence-corrected chi connectivity index (χ2v) is 5.06. The number of carbonyl (C=O) groups excluding carboxylic acids is 1. The number of anilines is 1. The molecule has 1 saturated carbocycles. The fourth-order valence-corrected chi connectivity index (χ4v) is 2.08. The Morgan fingerprint density at radius 1 is 1.56 bits per heavy atom. The van der Waals surface area contributed by atoms with Crippen molar-refractivity contribution in [3.63, 3.8) is 0 Å². The van der Waals surface area contributed by atoms with Gasteiger partial charge in [0, 0.05) is 6.54 Å². The Kier molecular flexibility index (Phi) is 4.23. The number of nitrogens with zero attached hydrogens (tertiary/aromatic N) is 1. The zero-order valence-electron chi connectivity index (χ0n) is 11.0. The summed E-state index contributed by atoms with van der Waals surface area (Å²) in [6.07, 6.45) is 6.80. The van der Waals surface area contributed by atoms with Crippen molar-refractivity contribution < 1.29 is 4.79 Å². The number of aromatic nitrogens is 2. The molecule has 1 aromatic heterocycles. The first-order chi connectivity index (χ1) is 8.72. The predicted molar refractivity (Wildman–Crippen MR) is 71.3 cm³/mol. The molecule has 1 amide bonds. The zero-order chi connectivity index (χ0) is 13.0. The number of hydrogen-bond donors (Lipinski definition) is 3. The van der Waals surface area contributed by atoms with E-state index in [1.165, 1.54) is 19.3 Å². The largest absolute Gasteiger partial charge is 0.395 e.